The number of hydrogen-bond acceptors (Lipinski definition) is 3. The molecule has 0 spiro atoms. The fourth-order valence-electron chi connectivity index (χ4n) is 2.42. The van der Waals surface area contributed by atoms with Crippen LogP contribution in [0, 0.1) is 5.92 Å². The molecule has 1 aliphatic heterocycles. The first-order chi connectivity index (χ1) is 8.17. The second-order valence-corrected chi connectivity index (χ2v) is 4.97. The van der Waals surface area contributed by atoms with E-state index in [2.05, 4.69) is 17.1 Å². The Morgan fingerprint density at radius 1 is 1.41 bits per heavy atom. The maximum Gasteiger partial charge on any atom is 0.320 e. The number of carboxylic acid groups (broad SMARTS) is 1. The molecule has 1 fully saturated rings. The van der Waals surface area contributed by atoms with Crippen molar-refractivity contribution < 1.29 is 9.90 Å². The number of likely N-dealkylation sites (tertiary alicyclic amines) is 1. The zero-order valence-electron chi connectivity index (χ0n) is 11.1. The van der Waals surface area contributed by atoms with Crippen LogP contribution in [0.2, 0.25) is 0 Å². The molecule has 1 heterocycles. The van der Waals surface area contributed by atoms with Gasteiger partial charge >= 0.3 is 5.97 Å². The van der Waals surface area contributed by atoms with Crippen LogP contribution in [0.15, 0.2) is 0 Å². The van der Waals surface area contributed by atoms with E-state index in [-0.39, 0.29) is 6.04 Å². The molecule has 0 amide bonds. The normalized spacial score (nSPS) is 20.4. The van der Waals surface area contributed by atoms with E-state index in [1.165, 1.54) is 12.8 Å². The zero-order chi connectivity index (χ0) is 12.7. The lowest BCUT2D eigenvalue weighted by Crippen LogP contribution is -2.42. The van der Waals surface area contributed by atoms with Crippen LogP contribution in [0.3, 0.4) is 0 Å². The Balaban J connectivity index is 2.23. The standard InChI is InChI=1S/C13H26N2O2/c1-3-5-12(13(16)17)14-10-11-6-8-15(4-2)9-7-11/h11-12,14H,3-10H2,1-2H3,(H,16,17). The lowest BCUT2D eigenvalue weighted by molar-refractivity contribution is -0.139. The highest BCUT2D eigenvalue weighted by atomic mass is 16.4. The number of aliphatic carboxylic acids is 1. The molecule has 0 aromatic carbocycles. The Kier molecular flexibility index (Phi) is 6.52. The van der Waals surface area contributed by atoms with Gasteiger partial charge in [-0.2, -0.15) is 0 Å². The Labute approximate surface area is 104 Å². The van der Waals surface area contributed by atoms with E-state index in [0.717, 1.165) is 39.0 Å². The third kappa shape index (κ3) is 5.04. The molecule has 0 aliphatic carbocycles. The molecule has 1 atom stereocenters. The Bertz CT molecular complexity index is 225. The van der Waals surface area contributed by atoms with Gasteiger partial charge in [0.1, 0.15) is 6.04 Å². The number of hydrogen-bond donors (Lipinski definition) is 2. The number of nitrogens with zero attached hydrogens (tertiary/aromatic N) is 1. The van der Waals surface area contributed by atoms with Crippen LogP contribution in [0.25, 0.3) is 0 Å². The van der Waals surface area contributed by atoms with Gasteiger partial charge in [-0.3, -0.25) is 4.79 Å². The number of carbonyl (C=O) groups is 1. The first-order valence-electron chi connectivity index (χ1n) is 6.85. The molecule has 17 heavy (non-hydrogen) atoms. The van der Waals surface area contributed by atoms with Crippen molar-refractivity contribution in [2.75, 3.05) is 26.2 Å². The van der Waals surface area contributed by atoms with E-state index in [0.29, 0.717) is 5.92 Å². The quantitative estimate of drug-likeness (QED) is 0.711. The summed E-state index contributed by atoms with van der Waals surface area (Å²) in [5.41, 5.74) is 0. The van der Waals surface area contributed by atoms with Crippen molar-refractivity contribution in [1.29, 1.82) is 0 Å². The Hall–Kier alpha value is -0.610. The predicted octanol–water partition coefficient (Wildman–Crippen LogP) is 1.56. The molecule has 0 radical (unpaired) electrons. The van der Waals surface area contributed by atoms with Gasteiger partial charge in [0.2, 0.25) is 0 Å². The molecular weight excluding hydrogens is 216 g/mol. The third-order valence-corrected chi connectivity index (χ3v) is 3.68. The van der Waals surface area contributed by atoms with Crippen molar-refractivity contribution in [2.24, 2.45) is 5.92 Å². The molecule has 2 N–H and O–H groups in total. The zero-order valence-corrected chi connectivity index (χ0v) is 11.1. The number of carboxylic acids is 1. The molecule has 0 bridgehead atoms. The summed E-state index contributed by atoms with van der Waals surface area (Å²) in [6.07, 6.45) is 4.03. The van der Waals surface area contributed by atoms with E-state index in [1.807, 2.05) is 6.92 Å². The molecule has 1 aliphatic rings. The maximum absolute atomic E-state index is 11.0. The summed E-state index contributed by atoms with van der Waals surface area (Å²) in [4.78, 5) is 13.4. The highest BCUT2D eigenvalue weighted by molar-refractivity contribution is 5.73. The van der Waals surface area contributed by atoms with Gasteiger partial charge in [0, 0.05) is 0 Å². The lowest BCUT2D eigenvalue weighted by atomic mass is 9.96. The molecule has 1 rings (SSSR count). The van der Waals surface area contributed by atoms with Gasteiger partial charge in [-0.05, 0) is 51.4 Å². The summed E-state index contributed by atoms with van der Waals surface area (Å²) >= 11 is 0. The molecule has 1 saturated heterocycles. The first-order valence-corrected chi connectivity index (χ1v) is 6.85. The molecule has 1 unspecified atom stereocenters. The van der Waals surface area contributed by atoms with Crippen LogP contribution in [0.4, 0.5) is 0 Å². The van der Waals surface area contributed by atoms with Crippen molar-refractivity contribution in [3.8, 4) is 0 Å². The molecular formula is C13H26N2O2. The Morgan fingerprint density at radius 2 is 2.06 bits per heavy atom. The van der Waals surface area contributed by atoms with Crippen molar-refractivity contribution in [3.05, 3.63) is 0 Å². The van der Waals surface area contributed by atoms with Gasteiger partial charge in [0.05, 0.1) is 0 Å². The van der Waals surface area contributed by atoms with Gasteiger partial charge in [-0.25, -0.2) is 0 Å². The summed E-state index contributed by atoms with van der Waals surface area (Å²) in [5, 5.41) is 12.2. The van der Waals surface area contributed by atoms with Gasteiger partial charge in [-0.15, -0.1) is 0 Å². The van der Waals surface area contributed by atoms with E-state index < -0.39 is 5.97 Å². The second-order valence-electron chi connectivity index (χ2n) is 4.97. The van der Waals surface area contributed by atoms with E-state index >= 15 is 0 Å². The summed E-state index contributed by atoms with van der Waals surface area (Å²) in [6.45, 7) is 8.53. The van der Waals surface area contributed by atoms with Crippen LogP contribution in [0.1, 0.15) is 39.5 Å². The highest BCUT2D eigenvalue weighted by Crippen LogP contribution is 2.16. The third-order valence-electron chi connectivity index (χ3n) is 3.68. The number of nitrogens with one attached hydrogen (secondary N) is 1. The van der Waals surface area contributed by atoms with Gasteiger partial charge in [0.25, 0.3) is 0 Å². The van der Waals surface area contributed by atoms with Crippen LogP contribution in [-0.4, -0.2) is 48.2 Å². The fraction of sp³-hybridized carbons (Fsp3) is 0.923. The highest BCUT2D eigenvalue weighted by Gasteiger charge is 2.21. The second kappa shape index (κ2) is 7.67. The average Bonchev–Trinajstić information content (AvgIpc) is 2.34. The molecule has 100 valence electrons. The smallest absolute Gasteiger partial charge is 0.320 e. The van der Waals surface area contributed by atoms with Crippen molar-refractivity contribution in [3.63, 3.8) is 0 Å². The van der Waals surface area contributed by atoms with Crippen molar-refractivity contribution >= 4 is 5.97 Å². The largest absolute Gasteiger partial charge is 0.480 e. The molecule has 0 saturated carbocycles. The predicted molar refractivity (Wildman–Crippen MR) is 69.2 cm³/mol. The molecule has 0 aromatic rings. The van der Waals surface area contributed by atoms with E-state index in [4.69, 9.17) is 5.11 Å². The SMILES string of the molecule is CCCC(NCC1CCN(CC)CC1)C(=O)O. The van der Waals surface area contributed by atoms with Crippen LogP contribution < -0.4 is 5.32 Å². The summed E-state index contributed by atoms with van der Waals surface area (Å²) in [5.74, 6) is -0.0608. The number of piperidine rings is 1. The minimum atomic E-state index is -0.710. The monoisotopic (exact) mass is 242 g/mol. The van der Waals surface area contributed by atoms with Crippen LogP contribution >= 0.6 is 0 Å². The van der Waals surface area contributed by atoms with Gasteiger partial charge in [-0.1, -0.05) is 20.3 Å². The fourth-order valence-corrected chi connectivity index (χ4v) is 2.42. The molecule has 4 nitrogen and oxygen atoms in total. The van der Waals surface area contributed by atoms with Crippen molar-refractivity contribution in [2.45, 2.75) is 45.6 Å². The molecule has 0 aromatic heterocycles. The topological polar surface area (TPSA) is 52.6 Å². The minimum Gasteiger partial charge on any atom is -0.480 e. The van der Waals surface area contributed by atoms with Gasteiger partial charge < -0.3 is 15.3 Å². The Morgan fingerprint density at radius 3 is 2.53 bits per heavy atom. The molecule has 4 heteroatoms. The van der Waals surface area contributed by atoms with Crippen LogP contribution in [0.5, 0.6) is 0 Å². The summed E-state index contributed by atoms with van der Waals surface area (Å²) in [7, 11) is 0. The van der Waals surface area contributed by atoms with Gasteiger partial charge in [0.15, 0.2) is 0 Å². The van der Waals surface area contributed by atoms with E-state index in [1.54, 1.807) is 0 Å². The van der Waals surface area contributed by atoms with Crippen molar-refractivity contribution in [1.82, 2.24) is 10.2 Å². The van der Waals surface area contributed by atoms with Crippen LogP contribution in [-0.2, 0) is 4.79 Å². The maximum atomic E-state index is 11.0. The van der Waals surface area contributed by atoms with E-state index in [9.17, 15) is 4.79 Å². The summed E-state index contributed by atoms with van der Waals surface area (Å²) in [6, 6.07) is -0.357. The lowest BCUT2D eigenvalue weighted by Gasteiger charge is -2.31. The minimum absolute atomic E-state index is 0.357. The first kappa shape index (κ1) is 14.5. The average molecular weight is 242 g/mol. The number of rotatable bonds is 7. The summed E-state index contributed by atoms with van der Waals surface area (Å²) < 4.78 is 0.